The molecule has 4 nitrogen and oxygen atoms in total. The summed E-state index contributed by atoms with van der Waals surface area (Å²) in [5.41, 5.74) is 0.840. The Morgan fingerprint density at radius 3 is 3.00 bits per heavy atom. The van der Waals surface area contributed by atoms with E-state index in [9.17, 15) is 4.79 Å². The number of halogens is 1. The molecular formula is C10H8ClN3OS2. The number of thiazole rings is 1. The predicted octanol–water partition coefficient (Wildman–Crippen LogP) is 2.78. The van der Waals surface area contributed by atoms with Gasteiger partial charge in [-0.1, -0.05) is 22.9 Å². The molecule has 2 aromatic rings. The highest BCUT2D eigenvalue weighted by molar-refractivity contribution is 7.80. The van der Waals surface area contributed by atoms with Crippen molar-refractivity contribution in [1.82, 2.24) is 10.3 Å². The van der Waals surface area contributed by atoms with Gasteiger partial charge in [-0.05, 0) is 30.4 Å². The van der Waals surface area contributed by atoms with Gasteiger partial charge in [0.1, 0.15) is 0 Å². The van der Waals surface area contributed by atoms with E-state index in [1.54, 1.807) is 6.07 Å². The molecule has 88 valence electrons. The fourth-order valence-electron chi connectivity index (χ4n) is 1.24. The van der Waals surface area contributed by atoms with E-state index in [1.165, 1.54) is 18.3 Å². The van der Waals surface area contributed by atoms with E-state index < -0.39 is 0 Å². The van der Waals surface area contributed by atoms with Crippen LogP contribution in [0.2, 0.25) is 5.02 Å². The Bertz CT molecular complexity index is 596. The summed E-state index contributed by atoms with van der Waals surface area (Å²) in [6.45, 7) is 1.39. The fraction of sp³-hybridized carbons (Fsp3) is 0.100. The highest BCUT2D eigenvalue weighted by atomic mass is 35.5. The van der Waals surface area contributed by atoms with Gasteiger partial charge in [-0.3, -0.25) is 4.79 Å². The van der Waals surface area contributed by atoms with Crippen LogP contribution in [0, 0.1) is 0 Å². The molecule has 0 radical (unpaired) electrons. The summed E-state index contributed by atoms with van der Waals surface area (Å²) in [6.07, 6.45) is 0. The van der Waals surface area contributed by atoms with Gasteiger partial charge in [0.15, 0.2) is 10.2 Å². The third kappa shape index (κ3) is 3.12. The Morgan fingerprint density at radius 1 is 1.53 bits per heavy atom. The maximum Gasteiger partial charge on any atom is 0.222 e. The van der Waals surface area contributed by atoms with Gasteiger partial charge in [0.05, 0.1) is 10.2 Å². The van der Waals surface area contributed by atoms with Crippen LogP contribution in [0.4, 0.5) is 5.13 Å². The van der Waals surface area contributed by atoms with Crippen molar-refractivity contribution >= 4 is 61.5 Å². The Labute approximate surface area is 112 Å². The van der Waals surface area contributed by atoms with Crippen LogP contribution >= 0.6 is 35.2 Å². The monoisotopic (exact) mass is 285 g/mol. The van der Waals surface area contributed by atoms with Crippen LogP contribution in [0.5, 0.6) is 0 Å². The fourth-order valence-corrected chi connectivity index (χ4v) is 2.69. The molecule has 2 rings (SSSR count). The number of benzene rings is 1. The van der Waals surface area contributed by atoms with E-state index in [-0.39, 0.29) is 11.0 Å². The molecule has 0 aliphatic carbocycles. The van der Waals surface area contributed by atoms with Crippen molar-refractivity contribution in [3.63, 3.8) is 0 Å². The number of aromatic nitrogens is 1. The minimum Gasteiger partial charge on any atom is -0.308 e. The molecule has 1 aromatic heterocycles. The number of thiocarbonyl (C=S) groups is 1. The lowest BCUT2D eigenvalue weighted by Gasteiger charge is -2.03. The normalized spacial score (nSPS) is 10.2. The highest BCUT2D eigenvalue weighted by Crippen LogP contribution is 2.28. The van der Waals surface area contributed by atoms with Gasteiger partial charge in [0, 0.05) is 11.9 Å². The number of nitrogens with one attached hydrogen (secondary N) is 2. The molecule has 0 aliphatic heterocycles. The molecule has 1 heterocycles. The number of carbonyl (C=O) groups is 1. The topological polar surface area (TPSA) is 54.0 Å². The van der Waals surface area contributed by atoms with Crippen LogP contribution in [0.3, 0.4) is 0 Å². The van der Waals surface area contributed by atoms with Gasteiger partial charge in [-0.15, -0.1) is 0 Å². The first-order valence-corrected chi connectivity index (χ1v) is 6.29. The van der Waals surface area contributed by atoms with Gasteiger partial charge in [-0.2, -0.15) is 0 Å². The Balaban J connectivity index is 2.19. The smallest absolute Gasteiger partial charge is 0.222 e. The number of hydrogen-bond donors (Lipinski definition) is 2. The lowest BCUT2D eigenvalue weighted by molar-refractivity contribution is -0.117. The van der Waals surface area contributed by atoms with Crippen molar-refractivity contribution in [2.24, 2.45) is 0 Å². The van der Waals surface area contributed by atoms with E-state index in [0.29, 0.717) is 10.2 Å². The van der Waals surface area contributed by atoms with Gasteiger partial charge in [-0.25, -0.2) is 4.98 Å². The second-order valence-electron chi connectivity index (χ2n) is 3.27. The minimum absolute atomic E-state index is 0.216. The second-order valence-corrected chi connectivity index (χ2v) is 5.14. The third-order valence-corrected chi connectivity index (χ3v) is 3.23. The molecule has 2 N–H and O–H groups in total. The maximum absolute atomic E-state index is 10.8. The average molecular weight is 286 g/mol. The molecular weight excluding hydrogens is 278 g/mol. The maximum atomic E-state index is 10.8. The summed E-state index contributed by atoms with van der Waals surface area (Å²) in [4.78, 5) is 15.1. The van der Waals surface area contributed by atoms with Crippen LogP contribution in [0.1, 0.15) is 6.92 Å². The van der Waals surface area contributed by atoms with E-state index in [4.69, 9.17) is 23.8 Å². The highest BCUT2D eigenvalue weighted by Gasteiger charge is 2.06. The molecule has 0 unspecified atom stereocenters. The van der Waals surface area contributed by atoms with Gasteiger partial charge < -0.3 is 10.6 Å². The Hall–Kier alpha value is -1.24. The van der Waals surface area contributed by atoms with E-state index in [0.717, 1.165) is 10.2 Å². The van der Waals surface area contributed by atoms with Gasteiger partial charge >= 0.3 is 0 Å². The summed E-state index contributed by atoms with van der Waals surface area (Å²) in [7, 11) is 0. The largest absolute Gasteiger partial charge is 0.308 e. The summed E-state index contributed by atoms with van der Waals surface area (Å²) < 4.78 is 0.964. The zero-order valence-electron chi connectivity index (χ0n) is 8.78. The number of amides is 1. The number of fused-ring (bicyclic) bond motifs is 1. The standard InChI is InChI=1S/C10H8ClN3OS2/c1-5(15)12-9(16)14-10-13-7-3-2-6(11)4-8(7)17-10/h2-4H,1H3,(H2,12,13,14,15,16). The average Bonchev–Trinajstić information content (AvgIpc) is 2.57. The third-order valence-electron chi connectivity index (χ3n) is 1.86. The quantitative estimate of drug-likeness (QED) is 0.791. The molecule has 1 amide bonds. The molecule has 0 fully saturated rings. The summed E-state index contributed by atoms with van der Waals surface area (Å²) in [6, 6.07) is 5.45. The summed E-state index contributed by atoms with van der Waals surface area (Å²) >= 11 is 12.2. The van der Waals surface area contributed by atoms with Crippen LogP contribution in [0.25, 0.3) is 10.2 Å². The van der Waals surface area contributed by atoms with Crippen LogP contribution in [-0.4, -0.2) is 16.0 Å². The minimum atomic E-state index is -0.216. The predicted molar refractivity (Wildman–Crippen MR) is 74.7 cm³/mol. The first-order valence-electron chi connectivity index (χ1n) is 4.69. The second kappa shape index (κ2) is 4.95. The lowest BCUT2D eigenvalue weighted by atomic mass is 10.3. The molecule has 0 saturated heterocycles. The zero-order valence-corrected chi connectivity index (χ0v) is 11.2. The molecule has 0 saturated carbocycles. The first-order chi connectivity index (χ1) is 8.04. The van der Waals surface area contributed by atoms with Crippen molar-refractivity contribution in [2.75, 3.05) is 5.32 Å². The molecule has 0 bridgehead atoms. The molecule has 0 aliphatic rings. The van der Waals surface area contributed by atoms with Gasteiger partial charge in [0.2, 0.25) is 5.91 Å². The number of carbonyl (C=O) groups excluding carboxylic acids is 1. The Kier molecular flexibility index (Phi) is 3.56. The van der Waals surface area contributed by atoms with Crippen LogP contribution in [0.15, 0.2) is 18.2 Å². The SMILES string of the molecule is CC(=O)NC(=S)Nc1nc2ccc(Cl)cc2s1. The first kappa shape index (κ1) is 12.2. The Morgan fingerprint density at radius 2 is 2.29 bits per heavy atom. The number of rotatable bonds is 1. The number of anilines is 1. The lowest BCUT2D eigenvalue weighted by Crippen LogP contribution is -2.32. The summed E-state index contributed by atoms with van der Waals surface area (Å²) in [5.74, 6) is -0.216. The molecule has 7 heteroatoms. The molecule has 0 atom stereocenters. The molecule has 0 spiro atoms. The zero-order chi connectivity index (χ0) is 12.4. The van der Waals surface area contributed by atoms with Crippen molar-refractivity contribution < 1.29 is 4.79 Å². The summed E-state index contributed by atoms with van der Waals surface area (Å²) in [5, 5.41) is 6.84. The van der Waals surface area contributed by atoms with Crippen LogP contribution < -0.4 is 10.6 Å². The van der Waals surface area contributed by atoms with Crippen LogP contribution in [-0.2, 0) is 4.79 Å². The number of hydrogen-bond acceptors (Lipinski definition) is 4. The van der Waals surface area contributed by atoms with Crippen molar-refractivity contribution in [2.45, 2.75) is 6.92 Å². The van der Waals surface area contributed by atoms with Crippen molar-refractivity contribution in [3.8, 4) is 0 Å². The van der Waals surface area contributed by atoms with E-state index in [2.05, 4.69) is 15.6 Å². The molecule has 17 heavy (non-hydrogen) atoms. The van der Waals surface area contributed by atoms with Crippen molar-refractivity contribution in [3.05, 3.63) is 23.2 Å². The van der Waals surface area contributed by atoms with E-state index >= 15 is 0 Å². The molecule has 1 aromatic carbocycles. The van der Waals surface area contributed by atoms with E-state index in [1.807, 2.05) is 12.1 Å². The van der Waals surface area contributed by atoms with Crippen molar-refractivity contribution in [1.29, 1.82) is 0 Å². The number of nitrogens with zero attached hydrogens (tertiary/aromatic N) is 1. The van der Waals surface area contributed by atoms with Gasteiger partial charge in [0.25, 0.3) is 0 Å².